The minimum Gasteiger partial charge on any atom is -0.300 e. The lowest BCUT2D eigenvalue weighted by atomic mass is 9.02. The van der Waals surface area contributed by atoms with E-state index in [0.29, 0.717) is 11.4 Å². The van der Waals surface area contributed by atoms with Gasteiger partial charge in [0.25, 0.3) is 0 Å². The number of hydrogen-bond donors (Lipinski definition) is 1. The van der Waals surface area contributed by atoms with Crippen molar-refractivity contribution in [2.75, 3.05) is 13.6 Å². The van der Waals surface area contributed by atoms with Crippen LogP contribution in [0.1, 0.15) is 125 Å². The largest absolute Gasteiger partial charge is 0.300 e. The molecule has 0 aliphatic heterocycles. The molecule has 0 bridgehead atoms. The maximum atomic E-state index is 17.0. The Kier molecular flexibility index (Phi) is 16.7. The number of halogens is 28. The molecule has 1 nitrogen and oxygen atoms in total. The van der Waals surface area contributed by atoms with Crippen molar-refractivity contribution in [2.45, 2.75) is 82.1 Å². The zero-order chi connectivity index (χ0) is 62.0. The minimum atomic E-state index is -6.83. The van der Waals surface area contributed by atoms with Crippen molar-refractivity contribution in [1.82, 2.24) is 0 Å². The molecular weight excluding hydrogens is 1190 g/mol. The highest BCUT2D eigenvalue weighted by atomic mass is 19.2. The van der Waals surface area contributed by atoms with Gasteiger partial charge >= 0.3 is 0 Å². The summed E-state index contributed by atoms with van der Waals surface area (Å²) < 4.78 is 431. The Morgan fingerprint density at radius 2 is 0.530 bits per heavy atom. The summed E-state index contributed by atoms with van der Waals surface area (Å²) in [5, 5.41) is 0. The Balaban J connectivity index is 0.000000345. The molecule has 0 radical (unpaired) electrons. The van der Waals surface area contributed by atoms with Crippen LogP contribution in [0.15, 0.2) is 23.3 Å². The number of allylic oxidation sites excluding steroid dienone is 4. The fourth-order valence-electron chi connectivity index (χ4n) is 12.1. The molecule has 1 N–H and O–H groups in total. The van der Waals surface area contributed by atoms with Crippen LogP contribution in [0.3, 0.4) is 0 Å². The summed E-state index contributed by atoms with van der Waals surface area (Å²) in [6.45, 7) is 3.77. The summed E-state index contributed by atoms with van der Waals surface area (Å²) in [6, 6.07) is 0. The summed E-state index contributed by atoms with van der Waals surface area (Å²) in [6.07, 6.45) is 0.848. The third kappa shape index (κ3) is 8.76. The first-order valence-electron chi connectivity index (χ1n) is 24.2. The molecule has 4 aliphatic rings. The highest BCUT2D eigenvalue weighted by Gasteiger charge is 2.67. The minimum absolute atomic E-state index is 0.401. The molecule has 5 unspecified atom stereocenters. The van der Waals surface area contributed by atoms with E-state index in [1.807, 2.05) is 0 Å². The highest BCUT2D eigenvalue weighted by molar-refractivity contribution is 6.88. The molecule has 0 saturated heterocycles. The van der Waals surface area contributed by atoms with Gasteiger partial charge in [0.2, 0.25) is 17.3 Å². The molecule has 5 aromatic rings. The molecule has 0 aromatic heterocycles. The van der Waals surface area contributed by atoms with E-state index in [0.717, 1.165) is 26.2 Å². The van der Waals surface area contributed by atoms with Crippen molar-refractivity contribution in [3.63, 3.8) is 0 Å². The molecule has 5 atom stereocenters. The number of hydrogen-bond acceptors (Lipinski definition) is 0. The van der Waals surface area contributed by atoms with E-state index in [4.69, 9.17) is 0 Å². The fraction of sp³-hybridized carbons (Fsp3) is 0.283. The topological polar surface area (TPSA) is 4.44 Å². The first kappa shape index (κ1) is 62.2. The molecule has 9 rings (SSSR count). The van der Waals surface area contributed by atoms with Crippen molar-refractivity contribution in [3.05, 3.63) is 190 Å². The second kappa shape index (κ2) is 22.3. The molecule has 0 spiro atoms. The first-order chi connectivity index (χ1) is 38.8. The Morgan fingerprint density at radius 1 is 0.289 bits per heavy atom. The van der Waals surface area contributed by atoms with Crippen molar-refractivity contribution in [3.8, 4) is 0 Å². The van der Waals surface area contributed by atoms with E-state index in [9.17, 15) is 35.1 Å². The summed E-state index contributed by atoms with van der Waals surface area (Å²) in [5.41, 5.74) is -22.8. The predicted octanol–water partition coefficient (Wildman–Crippen LogP) is 17.9. The van der Waals surface area contributed by atoms with Crippen molar-refractivity contribution in [2.24, 2.45) is 0 Å². The number of unbranched alkanes of at least 4 members (excludes halogenated alkanes) is 6. The van der Waals surface area contributed by atoms with Crippen molar-refractivity contribution in [1.29, 1.82) is 0 Å². The van der Waals surface area contributed by atoms with Crippen molar-refractivity contribution < 1.29 is 128 Å². The first-order valence-corrected chi connectivity index (χ1v) is 24.2. The monoisotopic (exact) mass is 1220 g/mol. The van der Waals surface area contributed by atoms with Crippen LogP contribution in [0.4, 0.5) is 129 Å². The summed E-state index contributed by atoms with van der Waals surface area (Å²) in [5.74, 6) is -102. The van der Waals surface area contributed by atoms with Crippen LogP contribution in [0.2, 0.25) is 0 Å². The van der Waals surface area contributed by atoms with Gasteiger partial charge in [0, 0.05) is 5.56 Å². The van der Waals surface area contributed by atoms with Crippen LogP contribution < -0.4 is 4.90 Å². The molecule has 5 aromatic carbocycles. The molecular formula is C53H30BF28N. The number of benzene rings is 5. The normalized spacial score (nSPS) is 19.3. The number of nitrogens with one attached hydrogen (secondary N) is 1. The van der Waals surface area contributed by atoms with Gasteiger partial charge in [0.1, 0.15) is 23.3 Å². The lowest BCUT2D eigenvalue weighted by Gasteiger charge is -2.57. The van der Waals surface area contributed by atoms with E-state index in [1.54, 1.807) is 7.05 Å². The maximum Gasteiger partial charge on any atom is 0.225 e. The smallest absolute Gasteiger partial charge is 0.225 e. The summed E-state index contributed by atoms with van der Waals surface area (Å²) >= 11 is 0. The van der Waals surface area contributed by atoms with Gasteiger partial charge in [-0.05, 0) is 42.0 Å². The van der Waals surface area contributed by atoms with E-state index < -0.39 is 248 Å². The Bertz CT molecular complexity index is 3340. The third-order valence-electron chi connectivity index (χ3n) is 15.6. The standard InChI is InChI=1S/C36H4BF24.C17H25F4N/c38-13-1-5(21(46)33(58)29(13)54)17(42)25(50)9(1)37(10-2-6(18(43)26(10)51)22(47)34(59)30(55)14(2)39,11-3-7(19(44)27(11)52)23(48)35(60)31(56)15(3)40)12-4-8(20(45)28(12)53)24(49)36(61)32(57)16(4)41;1-4-5-6-7-8-9-10-11-22(3)17-14(19)12(2)13(18)15(20)16(17)21/h9-12H;4-11H2,1-3H3/q-1;/p+1. The van der Waals surface area contributed by atoms with Gasteiger partial charge in [-0.3, -0.25) is 4.90 Å². The van der Waals surface area contributed by atoms with Gasteiger partial charge in [-0.15, -0.1) is 0 Å². The second-order valence-electron chi connectivity index (χ2n) is 19.8. The van der Waals surface area contributed by atoms with Gasteiger partial charge in [-0.1, -0.05) is 62.3 Å². The predicted molar refractivity (Wildman–Crippen MR) is 239 cm³/mol. The van der Waals surface area contributed by atoms with E-state index >= 15 is 87.8 Å². The average molecular weight is 1220 g/mol. The Labute approximate surface area is 447 Å². The van der Waals surface area contributed by atoms with Gasteiger partial charge in [-0.2, -0.15) is 8.78 Å². The summed E-state index contributed by atoms with van der Waals surface area (Å²) in [7, 11) is 1.58. The quantitative estimate of drug-likeness (QED) is 0.0394. The van der Waals surface area contributed by atoms with Crippen molar-refractivity contribution >= 4 is 35.1 Å². The fourth-order valence-corrected chi connectivity index (χ4v) is 12.1. The van der Waals surface area contributed by atoms with Crippen LogP contribution in [0.5, 0.6) is 0 Å². The lowest BCUT2D eigenvalue weighted by Crippen LogP contribution is -3.04. The SMILES string of the molecule is CCCCCCCCC[NH+](C)c1c(F)c(C)c(F)c(F)c1F.FC1=C(F)C([B-](C2C(F)=C(F)c3c(F)c(F)c(F)c(F)c32)(C2C(F)=C(F)c3c(F)c(F)c(F)c(F)c32)C2C(F)=C(F)c3c(F)c(F)c(F)c(F)c32)c2c(F)c(F)c(F)c(F)c21. The van der Waals surface area contributed by atoms with Gasteiger partial charge in [0.15, 0.2) is 128 Å². The van der Waals surface area contributed by atoms with E-state index in [1.165, 1.54) is 25.7 Å². The summed E-state index contributed by atoms with van der Waals surface area (Å²) in [4.78, 5) is 0.436. The average Bonchev–Trinajstić information content (AvgIpc) is 1.55. The number of rotatable bonds is 13. The highest BCUT2D eigenvalue weighted by Crippen LogP contribution is 2.72. The molecule has 0 saturated carbocycles. The Morgan fingerprint density at radius 3 is 0.807 bits per heavy atom. The van der Waals surface area contributed by atoms with Crippen LogP contribution in [0, 0.1) is 123 Å². The van der Waals surface area contributed by atoms with Crippen LogP contribution in [0.25, 0.3) is 23.3 Å². The molecule has 83 heavy (non-hydrogen) atoms. The van der Waals surface area contributed by atoms with E-state index in [2.05, 4.69) is 6.92 Å². The van der Waals surface area contributed by atoms with Gasteiger partial charge in [-0.25, -0.2) is 114 Å². The Hall–Kier alpha value is -6.88. The second-order valence-corrected chi connectivity index (χ2v) is 19.8. The van der Waals surface area contributed by atoms with Crippen LogP contribution in [-0.4, -0.2) is 19.7 Å². The van der Waals surface area contributed by atoms with Crippen LogP contribution in [-0.2, 0) is 0 Å². The molecule has 446 valence electrons. The van der Waals surface area contributed by atoms with Gasteiger partial charge < -0.3 is 0 Å². The molecule has 0 amide bonds. The lowest BCUT2D eigenvalue weighted by molar-refractivity contribution is -0.813. The number of quaternary nitrogens is 1. The molecule has 0 heterocycles. The van der Waals surface area contributed by atoms with E-state index in [-0.39, 0.29) is 0 Å². The third-order valence-corrected chi connectivity index (χ3v) is 15.6. The maximum absolute atomic E-state index is 17.0. The van der Waals surface area contributed by atoms with Gasteiger partial charge in [0.05, 0.1) is 42.0 Å². The zero-order valence-corrected chi connectivity index (χ0v) is 41.6. The number of fused-ring (bicyclic) bond motifs is 4. The molecule has 4 aliphatic carbocycles. The molecule has 0 fully saturated rings. The zero-order valence-electron chi connectivity index (χ0n) is 41.6. The van der Waals surface area contributed by atoms with Crippen LogP contribution >= 0.6 is 0 Å². The molecule has 30 heteroatoms.